The fourth-order valence-electron chi connectivity index (χ4n) is 1.34. The van der Waals surface area contributed by atoms with E-state index in [-0.39, 0.29) is 7.30 Å². The SMILES string of the molecule is C[C@H]1CCCO[C@H]1P(P)PP. The van der Waals surface area contributed by atoms with E-state index in [0.29, 0.717) is 5.85 Å². The molecule has 0 N–H and O–H groups in total. The topological polar surface area (TPSA) is 9.23 Å². The van der Waals surface area contributed by atoms with Crippen molar-refractivity contribution < 1.29 is 4.74 Å². The summed E-state index contributed by atoms with van der Waals surface area (Å²) < 4.78 is 5.74. The highest BCUT2D eigenvalue weighted by atomic mass is 32.6. The summed E-state index contributed by atoms with van der Waals surface area (Å²) in [6.07, 6.45) is 2.61. The van der Waals surface area contributed by atoms with Gasteiger partial charge in [0.1, 0.15) is 0 Å². The maximum Gasteiger partial charge on any atom is 0.0866 e. The first-order valence-electron chi connectivity index (χ1n) is 3.87. The minimum Gasteiger partial charge on any atom is -0.373 e. The van der Waals surface area contributed by atoms with Gasteiger partial charge in [0, 0.05) is 6.61 Å². The second kappa shape index (κ2) is 5.42. The molecule has 1 nitrogen and oxygen atoms in total. The zero-order valence-electron chi connectivity index (χ0n) is 6.79. The molecule has 0 bridgehead atoms. The molecule has 1 aliphatic heterocycles. The Kier molecular flexibility index (Phi) is 5.30. The first-order valence-corrected chi connectivity index (χ1v) is 10.6. The number of hydrogen-bond donors (Lipinski definition) is 0. The van der Waals surface area contributed by atoms with E-state index in [0.717, 1.165) is 20.5 Å². The summed E-state index contributed by atoms with van der Waals surface area (Å²) in [4.78, 5) is 0. The van der Waals surface area contributed by atoms with Gasteiger partial charge in [-0.1, -0.05) is 14.9 Å². The van der Waals surface area contributed by atoms with Crippen LogP contribution in [0.4, 0.5) is 0 Å². The van der Waals surface area contributed by atoms with Crippen LogP contribution in [0.15, 0.2) is 0 Å². The highest BCUT2D eigenvalue weighted by Gasteiger charge is 2.26. The normalized spacial score (nSPS) is 36.3. The summed E-state index contributed by atoms with van der Waals surface area (Å²) in [5.41, 5.74) is 0. The minimum absolute atomic E-state index is 0.0493. The number of hydrogen-bond acceptors (Lipinski definition) is 1. The molecule has 5 heteroatoms. The van der Waals surface area contributed by atoms with E-state index < -0.39 is 0 Å². The van der Waals surface area contributed by atoms with Crippen LogP contribution in [-0.4, -0.2) is 12.5 Å². The van der Waals surface area contributed by atoms with Gasteiger partial charge in [-0.25, -0.2) is 0 Å². The highest BCUT2D eigenvalue weighted by Crippen LogP contribution is 2.71. The molecule has 1 fully saturated rings. The van der Waals surface area contributed by atoms with E-state index in [9.17, 15) is 0 Å². The third-order valence-corrected chi connectivity index (χ3v) is 12.8. The van der Waals surface area contributed by atoms with Gasteiger partial charge in [0.05, 0.1) is 5.85 Å². The van der Waals surface area contributed by atoms with Crippen molar-refractivity contribution in [1.29, 1.82) is 0 Å². The van der Waals surface area contributed by atoms with Crippen molar-refractivity contribution in [2.75, 3.05) is 6.61 Å². The molecule has 4 unspecified atom stereocenters. The van der Waals surface area contributed by atoms with Crippen LogP contribution in [0.25, 0.3) is 0 Å². The molecule has 1 saturated heterocycles. The molecule has 1 aliphatic rings. The summed E-state index contributed by atoms with van der Waals surface area (Å²) in [5.74, 6) is 1.33. The molecule has 0 aromatic carbocycles. The van der Waals surface area contributed by atoms with Crippen molar-refractivity contribution in [1.82, 2.24) is 0 Å². The molecule has 0 amide bonds. The Balaban J connectivity index is 2.40. The van der Waals surface area contributed by atoms with E-state index in [1.165, 1.54) is 12.8 Å². The first-order chi connectivity index (χ1) is 5.25. The summed E-state index contributed by atoms with van der Waals surface area (Å²) in [6, 6.07) is 0. The van der Waals surface area contributed by atoms with Crippen LogP contribution in [0.5, 0.6) is 0 Å². The highest BCUT2D eigenvalue weighted by molar-refractivity contribution is 8.61. The summed E-state index contributed by atoms with van der Waals surface area (Å²) in [5, 5.41) is 0. The van der Waals surface area contributed by atoms with Gasteiger partial charge in [-0.15, -0.1) is 17.9 Å². The van der Waals surface area contributed by atoms with Gasteiger partial charge in [0.25, 0.3) is 0 Å². The van der Waals surface area contributed by atoms with Gasteiger partial charge in [0.2, 0.25) is 0 Å². The Morgan fingerprint density at radius 1 is 1.64 bits per heavy atom. The number of rotatable bonds is 2. The van der Waals surface area contributed by atoms with E-state index in [4.69, 9.17) is 4.74 Å². The van der Waals surface area contributed by atoms with Crippen molar-refractivity contribution in [3.8, 4) is 0 Å². The summed E-state index contributed by atoms with van der Waals surface area (Å²) >= 11 is 0. The minimum atomic E-state index is 0.0493. The van der Waals surface area contributed by atoms with Gasteiger partial charge >= 0.3 is 0 Å². The van der Waals surface area contributed by atoms with Crippen molar-refractivity contribution >= 4 is 33.1 Å². The molecule has 0 saturated carbocycles. The van der Waals surface area contributed by atoms with Crippen LogP contribution < -0.4 is 0 Å². The lowest BCUT2D eigenvalue weighted by Gasteiger charge is -2.32. The second-order valence-electron chi connectivity index (χ2n) is 2.92. The van der Waals surface area contributed by atoms with Gasteiger partial charge in [-0.2, -0.15) is 0 Å². The average Bonchev–Trinajstić information content (AvgIpc) is 2.04. The Bertz CT molecular complexity index is 117. The molecule has 0 aromatic rings. The summed E-state index contributed by atoms with van der Waals surface area (Å²) in [7, 11) is 6.81. The van der Waals surface area contributed by atoms with Crippen LogP contribution in [0.3, 0.4) is 0 Å². The smallest absolute Gasteiger partial charge is 0.0866 e. The van der Waals surface area contributed by atoms with Gasteiger partial charge in [-0.05, 0) is 26.1 Å². The molecule has 1 rings (SSSR count). The van der Waals surface area contributed by atoms with Gasteiger partial charge < -0.3 is 4.74 Å². The standard InChI is InChI=1S/C6H16OP4/c1-5-3-2-4-7-6(5)11(9)10-8/h5-6,10H,2-4,8-9H2,1H3/t5-,6-,11?/m0/s1. The molecule has 0 aliphatic carbocycles. The largest absolute Gasteiger partial charge is 0.373 e. The lowest BCUT2D eigenvalue weighted by atomic mass is 10.1. The third kappa shape index (κ3) is 3.14. The Morgan fingerprint density at radius 2 is 2.36 bits per heavy atom. The van der Waals surface area contributed by atoms with Crippen LogP contribution in [-0.2, 0) is 4.74 Å². The lowest BCUT2D eigenvalue weighted by Crippen LogP contribution is -2.23. The quantitative estimate of drug-likeness (QED) is 0.658. The fourth-order valence-corrected chi connectivity index (χ4v) is 6.34. The molecule has 0 aromatic heterocycles. The van der Waals surface area contributed by atoms with Crippen LogP contribution in [0.2, 0.25) is 0 Å². The molecular weight excluding hydrogens is 212 g/mol. The van der Waals surface area contributed by atoms with E-state index in [1.807, 2.05) is 0 Å². The van der Waals surface area contributed by atoms with E-state index in [1.54, 1.807) is 0 Å². The molecule has 66 valence electrons. The summed E-state index contributed by atoms with van der Waals surface area (Å²) in [6.45, 7) is 3.30. The Hall–Kier alpha value is 1.68. The molecule has 11 heavy (non-hydrogen) atoms. The van der Waals surface area contributed by atoms with E-state index in [2.05, 4.69) is 24.8 Å². The van der Waals surface area contributed by atoms with Crippen molar-refractivity contribution in [3.05, 3.63) is 0 Å². The van der Waals surface area contributed by atoms with E-state index >= 15 is 0 Å². The maximum absolute atomic E-state index is 5.74. The van der Waals surface area contributed by atoms with Crippen LogP contribution in [0.1, 0.15) is 19.8 Å². The molecule has 0 radical (unpaired) electrons. The van der Waals surface area contributed by atoms with Crippen molar-refractivity contribution in [2.45, 2.75) is 25.6 Å². The zero-order chi connectivity index (χ0) is 8.27. The second-order valence-corrected chi connectivity index (χ2v) is 12.4. The van der Waals surface area contributed by atoms with Crippen LogP contribution in [0, 0.1) is 5.92 Å². The van der Waals surface area contributed by atoms with Crippen molar-refractivity contribution in [2.24, 2.45) is 5.92 Å². The third-order valence-electron chi connectivity index (χ3n) is 2.00. The van der Waals surface area contributed by atoms with Gasteiger partial charge in [-0.3, -0.25) is 0 Å². The molecular formula is C6H16OP4. The van der Waals surface area contributed by atoms with Gasteiger partial charge in [0.15, 0.2) is 0 Å². The average molecular weight is 228 g/mol. The zero-order valence-corrected chi connectivity index (χ0v) is 11.0. The molecule has 0 spiro atoms. The Labute approximate surface area is 76.4 Å². The first kappa shape index (κ1) is 10.8. The Morgan fingerprint density at radius 3 is 2.91 bits per heavy atom. The lowest BCUT2D eigenvalue weighted by molar-refractivity contribution is 0.0351. The monoisotopic (exact) mass is 228 g/mol. The predicted octanol–water partition coefficient (Wildman–Crippen LogP) is 3.41. The number of ether oxygens (including phenoxy) is 1. The fraction of sp³-hybridized carbons (Fsp3) is 1.00. The van der Waals surface area contributed by atoms with Crippen molar-refractivity contribution in [3.63, 3.8) is 0 Å². The maximum atomic E-state index is 5.74. The molecule has 6 atom stereocenters. The van der Waals surface area contributed by atoms with Crippen LogP contribution >= 0.6 is 33.1 Å². The molecule has 1 heterocycles. The predicted molar refractivity (Wildman–Crippen MR) is 62.8 cm³/mol.